The fourth-order valence-electron chi connectivity index (χ4n) is 3.33. The van der Waals surface area contributed by atoms with Gasteiger partial charge in [-0.25, -0.2) is 4.98 Å². The van der Waals surface area contributed by atoms with Crippen molar-refractivity contribution in [3.63, 3.8) is 0 Å². The fourth-order valence-corrected chi connectivity index (χ4v) is 3.33. The number of carbonyl (C=O) groups excluding carboxylic acids is 1. The molecule has 29 heavy (non-hydrogen) atoms. The number of benzene rings is 2. The highest BCUT2D eigenvalue weighted by molar-refractivity contribution is 5.81. The highest BCUT2D eigenvalue weighted by atomic mass is 16.5. The topological polar surface area (TPSA) is 69.3 Å². The molecule has 148 valence electrons. The zero-order chi connectivity index (χ0) is 20.2. The van der Waals surface area contributed by atoms with Crippen LogP contribution in [0, 0.1) is 13.8 Å². The largest absolute Gasteiger partial charge is 0.486 e. The average Bonchev–Trinajstić information content (AvgIpc) is 3.24. The van der Waals surface area contributed by atoms with Gasteiger partial charge in [0.1, 0.15) is 36.2 Å². The molecule has 0 saturated carbocycles. The number of hydrogen-bond donors (Lipinski definition) is 1. The quantitative estimate of drug-likeness (QED) is 0.516. The number of ether oxygens (including phenoxy) is 1. The predicted molar refractivity (Wildman–Crippen MR) is 111 cm³/mol. The van der Waals surface area contributed by atoms with E-state index in [0.29, 0.717) is 12.4 Å². The molecule has 0 atom stereocenters. The summed E-state index contributed by atoms with van der Waals surface area (Å²) in [5.41, 5.74) is 2.73. The maximum atomic E-state index is 12.6. The summed E-state index contributed by atoms with van der Waals surface area (Å²) in [6.07, 6.45) is 0. The monoisotopic (exact) mass is 389 g/mol. The van der Waals surface area contributed by atoms with E-state index < -0.39 is 0 Å². The number of amides is 1. The van der Waals surface area contributed by atoms with Crippen LogP contribution < -0.4 is 10.1 Å². The van der Waals surface area contributed by atoms with Crippen LogP contribution in [0.3, 0.4) is 0 Å². The third kappa shape index (κ3) is 4.32. The van der Waals surface area contributed by atoms with E-state index in [1.165, 1.54) is 0 Å². The Hall–Kier alpha value is -3.54. The number of aromatic nitrogens is 2. The van der Waals surface area contributed by atoms with Crippen LogP contribution in [0.2, 0.25) is 0 Å². The van der Waals surface area contributed by atoms with Gasteiger partial charge in [0.2, 0.25) is 5.91 Å². The Labute approximate surface area is 169 Å². The molecule has 0 bridgehead atoms. The van der Waals surface area contributed by atoms with Crippen LogP contribution in [0.25, 0.3) is 11.0 Å². The van der Waals surface area contributed by atoms with Crippen molar-refractivity contribution in [1.29, 1.82) is 0 Å². The summed E-state index contributed by atoms with van der Waals surface area (Å²) in [4.78, 5) is 17.3. The molecule has 0 saturated heterocycles. The molecule has 1 N–H and O–H groups in total. The molecule has 4 rings (SSSR count). The number of nitrogens with one attached hydrogen (secondary N) is 1. The Kier molecular flexibility index (Phi) is 5.33. The van der Waals surface area contributed by atoms with Gasteiger partial charge in [-0.15, -0.1) is 0 Å². The van der Waals surface area contributed by atoms with Gasteiger partial charge in [0.15, 0.2) is 0 Å². The van der Waals surface area contributed by atoms with Crippen LogP contribution in [0.5, 0.6) is 5.75 Å². The van der Waals surface area contributed by atoms with Crippen molar-refractivity contribution in [2.45, 2.75) is 33.5 Å². The highest BCUT2D eigenvalue weighted by Gasteiger charge is 2.15. The normalized spacial score (nSPS) is 11.0. The number of fused-ring (bicyclic) bond motifs is 1. The van der Waals surface area contributed by atoms with E-state index in [4.69, 9.17) is 9.15 Å². The molecule has 0 radical (unpaired) electrons. The van der Waals surface area contributed by atoms with E-state index in [1.807, 2.05) is 79.1 Å². The van der Waals surface area contributed by atoms with Crippen molar-refractivity contribution < 1.29 is 13.9 Å². The van der Waals surface area contributed by atoms with Crippen molar-refractivity contribution >= 4 is 16.9 Å². The predicted octanol–water partition coefficient (Wildman–Crippen LogP) is 4.14. The Balaban J connectivity index is 1.50. The van der Waals surface area contributed by atoms with Crippen molar-refractivity contribution in [2.75, 3.05) is 0 Å². The molecule has 6 heteroatoms. The second-order valence-corrected chi connectivity index (χ2v) is 6.92. The second-order valence-electron chi connectivity index (χ2n) is 6.92. The lowest BCUT2D eigenvalue weighted by Crippen LogP contribution is -2.28. The van der Waals surface area contributed by atoms with Gasteiger partial charge in [0.05, 0.1) is 11.0 Å². The van der Waals surface area contributed by atoms with Crippen LogP contribution in [0.1, 0.15) is 22.9 Å². The molecule has 0 unspecified atom stereocenters. The number of carbonyl (C=O) groups is 1. The number of rotatable bonds is 7. The van der Waals surface area contributed by atoms with Gasteiger partial charge in [0.25, 0.3) is 0 Å². The minimum Gasteiger partial charge on any atom is -0.486 e. The standard InChI is InChI=1S/C23H23N3O3/c1-16-12-18(17(2)29-16)13-24-23(27)14-26-21-11-7-6-10-20(21)25-22(26)15-28-19-8-4-3-5-9-19/h3-12H,13-15H2,1-2H3,(H,24,27). The molecule has 0 spiro atoms. The van der Waals surface area contributed by atoms with Gasteiger partial charge in [0, 0.05) is 12.1 Å². The van der Waals surface area contributed by atoms with Gasteiger partial charge in [-0.2, -0.15) is 0 Å². The summed E-state index contributed by atoms with van der Waals surface area (Å²) >= 11 is 0. The number of furan rings is 1. The molecule has 0 aliphatic rings. The summed E-state index contributed by atoms with van der Waals surface area (Å²) in [6.45, 7) is 4.69. The Bertz CT molecular complexity index is 1130. The average molecular weight is 389 g/mol. The summed E-state index contributed by atoms with van der Waals surface area (Å²) in [6, 6.07) is 19.3. The van der Waals surface area contributed by atoms with E-state index >= 15 is 0 Å². The molecule has 6 nitrogen and oxygen atoms in total. The van der Waals surface area contributed by atoms with Crippen LogP contribution in [-0.2, 0) is 24.5 Å². The third-order valence-electron chi connectivity index (χ3n) is 4.77. The zero-order valence-electron chi connectivity index (χ0n) is 16.5. The van der Waals surface area contributed by atoms with Crippen LogP contribution in [0.15, 0.2) is 65.1 Å². The molecule has 2 heterocycles. The minimum atomic E-state index is -0.0904. The molecular weight excluding hydrogens is 366 g/mol. The smallest absolute Gasteiger partial charge is 0.240 e. The maximum absolute atomic E-state index is 12.6. The van der Waals surface area contributed by atoms with Crippen molar-refractivity contribution in [3.8, 4) is 5.75 Å². The summed E-state index contributed by atoms with van der Waals surface area (Å²) in [5, 5.41) is 2.97. The van der Waals surface area contributed by atoms with Crippen LogP contribution in [0.4, 0.5) is 0 Å². The Morgan fingerprint density at radius 1 is 1.10 bits per heavy atom. The lowest BCUT2D eigenvalue weighted by Gasteiger charge is -2.11. The number of hydrogen-bond acceptors (Lipinski definition) is 4. The molecule has 0 fully saturated rings. The number of aryl methyl sites for hydroxylation is 2. The van der Waals surface area contributed by atoms with E-state index in [1.54, 1.807) is 0 Å². The van der Waals surface area contributed by atoms with Crippen molar-refractivity contribution in [3.05, 3.63) is 83.6 Å². The zero-order valence-corrected chi connectivity index (χ0v) is 16.5. The summed E-state index contributed by atoms with van der Waals surface area (Å²) in [5.74, 6) is 3.05. The molecular formula is C23H23N3O3. The van der Waals surface area contributed by atoms with E-state index in [-0.39, 0.29) is 19.1 Å². The molecule has 2 aromatic carbocycles. The first-order chi connectivity index (χ1) is 14.1. The lowest BCUT2D eigenvalue weighted by atomic mass is 10.2. The molecule has 0 aliphatic carbocycles. The molecule has 0 aliphatic heterocycles. The first-order valence-corrected chi connectivity index (χ1v) is 9.55. The first kappa shape index (κ1) is 18.8. The fraction of sp³-hybridized carbons (Fsp3) is 0.217. The van der Waals surface area contributed by atoms with Gasteiger partial charge in [-0.1, -0.05) is 30.3 Å². The third-order valence-corrected chi connectivity index (χ3v) is 4.77. The van der Waals surface area contributed by atoms with Crippen LogP contribution >= 0.6 is 0 Å². The first-order valence-electron chi connectivity index (χ1n) is 9.55. The molecule has 1 amide bonds. The van der Waals surface area contributed by atoms with Crippen molar-refractivity contribution in [1.82, 2.24) is 14.9 Å². The Morgan fingerprint density at radius 3 is 2.62 bits per heavy atom. The number of para-hydroxylation sites is 3. The van der Waals surface area contributed by atoms with Gasteiger partial charge < -0.3 is 19.0 Å². The van der Waals surface area contributed by atoms with E-state index in [2.05, 4.69) is 10.3 Å². The highest BCUT2D eigenvalue weighted by Crippen LogP contribution is 2.18. The molecule has 4 aromatic rings. The van der Waals surface area contributed by atoms with Gasteiger partial charge >= 0.3 is 0 Å². The van der Waals surface area contributed by atoms with Crippen molar-refractivity contribution in [2.24, 2.45) is 0 Å². The SMILES string of the molecule is Cc1cc(CNC(=O)Cn2c(COc3ccccc3)nc3ccccc32)c(C)o1. The lowest BCUT2D eigenvalue weighted by molar-refractivity contribution is -0.121. The van der Waals surface area contributed by atoms with E-state index in [9.17, 15) is 4.79 Å². The number of imidazole rings is 1. The minimum absolute atomic E-state index is 0.0904. The van der Waals surface area contributed by atoms with Gasteiger partial charge in [-0.05, 0) is 44.2 Å². The maximum Gasteiger partial charge on any atom is 0.240 e. The summed E-state index contributed by atoms with van der Waals surface area (Å²) in [7, 11) is 0. The molecule has 2 aromatic heterocycles. The number of nitrogens with zero attached hydrogens (tertiary/aromatic N) is 2. The van der Waals surface area contributed by atoms with Gasteiger partial charge in [-0.3, -0.25) is 4.79 Å². The van der Waals surface area contributed by atoms with E-state index in [0.717, 1.165) is 33.9 Å². The second kappa shape index (κ2) is 8.22. The summed E-state index contributed by atoms with van der Waals surface area (Å²) < 4.78 is 13.3. The van der Waals surface area contributed by atoms with Crippen LogP contribution in [-0.4, -0.2) is 15.5 Å². The Morgan fingerprint density at radius 2 is 1.86 bits per heavy atom.